The molecule has 2 N–H and O–H groups in total. The summed E-state index contributed by atoms with van der Waals surface area (Å²) in [6.07, 6.45) is 5.66. The van der Waals surface area contributed by atoms with Gasteiger partial charge >= 0.3 is 0 Å². The number of carbonyl (C=O) groups excluding carboxylic acids is 1. The van der Waals surface area contributed by atoms with Crippen LogP contribution in [0.25, 0.3) is 0 Å². The summed E-state index contributed by atoms with van der Waals surface area (Å²) in [7, 11) is -3.68. The molecule has 0 spiro atoms. The summed E-state index contributed by atoms with van der Waals surface area (Å²) >= 11 is 0. The molecule has 1 aliphatic heterocycles. The summed E-state index contributed by atoms with van der Waals surface area (Å²) in [5.41, 5.74) is 3.80. The summed E-state index contributed by atoms with van der Waals surface area (Å²) < 4.78 is 28.1. The normalized spacial score (nSPS) is 14.1. The van der Waals surface area contributed by atoms with Crippen LogP contribution in [-0.2, 0) is 29.5 Å². The van der Waals surface area contributed by atoms with E-state index < -0.39 is 10.0 Å². The van der Waals surface area contributed by atoms with E-state index in [9.17, 15) is 13.2 Å². The standard InChI is InChI=1S/C29H36N4O3S/c1-22(2)17-23-9-11-24(12-10-23)20-32-37(35,36)27-13-14-28(31-21-27)30-19-25-7-6-8-26(18-25)29(34)33-15-4-3-5-16-33/h6-14,18,21-22,32H,3-5,15-17,19-20H2,1-2H3,(H,30,31). The SMILES string of the molecule is CC(C)Cc1ccc(CNS(=O)(=O)c2ccc(NCc3cccc(C(=O)N4CCCCC4)c3)nc2)cc1. The van der Waals surface area contributed by atoms with Crippen LogP contribution in [0.15, 0.2) is 71.8 Å². The van der Waals surface area contributed by atoms with Crippen molar-refractivity contribution >= 4 is 21.7 Å². The highest BCUT2D eigenvalue weighted by Crippen LogP contribution is 2.17. The van der Waals surface area contributed by atoms with Gasteiger partial charge in [-0.15, -0.1) is 0 Å². The average molecular weight is 521 g/mol. The number of carbonyl (C=O) groups is 1. The van der Waals surface area contributed by atoms with Crippen molar-refractivity contribution < 1.29 is 13.2 Å². The number of rotatable bonds is 10. The molecule has 0 atom stereocenters. The lowest BCUT2D eigenvalue weighted by Crippen LogP contribution is -2.35. The Morgan fingerprint density at radius 3 is 2.32 bits per heavy atom. The number of hydrogen-bond acceptors (Lipinski definition) is 5. The summed E-state index contributed by atoms with van der Waals surface area (Å²) in [6.45, 7) is 6.68. The monoisotopic (exact) mass is 520 g/mol. The van der Waals surface area contributed by atoms with Crippen LogP contribution in [0.1, 0.15) is 60.2 Å². The van der Waals surface area contributed by atoms with Gasteiger partial charge in [0, 0.05) is 37.9 Å². The number of anilines is 1. The van der Waals surface area contributed by atoms with Gasteiger partial charge in [-0.3, -0.25) is 4.79 Å². The summed E-state index contributed by atoms with van der Waals surface area (Å²) in [5, 5.41) is 3.21. The highest BCUT2D eigenvalue weighted by molar-refractivity contribution is 7.89. The molecule has 8 heteroatoms. The molecule has 7 nitrogen and oxygen atoms in total. The molecule has 1 aliphatic rings. The fourth-order valence-corrected chi connectivity index (χ4v) is 5.42. The molecule has 1 saturated heterocycles. The van der Waals surface area contributed by atoms with Crippen LogP contribution in [0.4, 0.5) is 5.82 Å². The lowest BCUT2D eigenvalue weighted by Gasteiger charge is -2.26. The van der Waals surface area contributed by atoms with Gasteiger partial charge in [0.05, 0.1) is 0 Å². The topological polar surface area (TPSA) is 91.4 Å². The third-order valence-electron chi connectivity index (χ3n) is 6.47. The fourth-order valence-electron chi connectivity index (χ4n) is 4.46. The van der Waals surface area contributed by atoms with Crippen LogP contribution >= 0.6 is 0 Å². The molecule has 2 heterocycles. The van der Waals surface area contributed by atoms with Crippen molar-refractivity contribution in [2.45, 2.75) is 57.5 Å². The molecule has 0 radical (unpaired) electrons. The first-order valence-corrected chi connectivity index (χ1v) is 14.4. The summed E-state index contributed by atoms with van der Waals surface area (Å²) in [5.74, 6) is 1.22. The van der Waals surface area contributed by atoms with Crippen molar-refractivity contribution in [1.29, 1.82) is 0 Å². The zero-order chi connectivity index (χ0) is 26.3. The molecule has 196 valence electrons. The van der Waals surface area contributed by atoms with Gasteiger partial charge in [0.1, 0.15) is 10.7 Å². The number of amides is 1. The van der Waals surface area contributed by atoms with E-state index in [1.165, 1.54) is 18.2 Å². The first-order valence-electron chi connectivity index (χ1n) is 13.0. The molecule has 1 fully saturated rings. The predicted molar refractivity (Wildman–Crippen MR) is 147 cm³/mol. The zero-order valence-electron chi connectivity index (χ0n) is 21.6. The zero-order valence-corrected chi connectivity index (χ0v) is 22.4. The molecule has 1 amide bonds. The highest BCUT2D eigenvalue weighted by atomic mass is 32.2. The number of benzene rings is 2. The molecule has 0 saturated carbocycles. The number of piperidine rings is 1. The maximum Gasteiger partial charge on any atom is 0.253 e. The number of sulfonamides is 1. The Bertz CT molecular complexity index is 1280. The number of hydrogen-bond donors (Lipinski definition) is 2. The lowest BCUT2D eigenvalue weighted by molar-refractivity contribution is 0.0724. The molecule has 2 aromatic carbocycles. The van der Waals surface area contributed by atoms with E-state index in [0.29, 0.717) is 23.8 Å². The Hall–Kier alpha value is -3.23. The van der Waals surface area contributed by atoms with Gasteiger partial charge in [-0.1, -0.05) is 50.2 Å². The Balaban J connectivity index is 1.31. The fraction of sp³-hybridized carbons (Fsp3) is 0.379. The van der Waals surface area contributed by atoms with Crippen LogP contribution in [0.5, 0.6) is 0 Å². The molecule has 4 rings (SSSR count). The molecule has 1 aromatic heterocycles. The minimum Gasteiger partial charge on any atom is -0.366 e. The maximum absolute atomic E-state index is 12.8. The highest BCUT2D eigenvalue weighted by Gasteiger charge is 2.18. The van der Waals surface area contributed by atoms with Crippen molar-refractivity contribution in [3.05, 3.63) is 89.1 Å². The van der Waals surface area contributed by atoms with Crippen LogP contribution < -0.4 is 10.0 Å². The van der Waals surface area contributed by atoms with Crippen LogP contribution in [0.3, 0.4) is 0 Å². The van der Waals surface area contributed by atoms with Gasteiger partial charge in [0.2, 0.25) is 10.0 Å². The van der Waals surface area contributed by atoms with Gasteiger partial charge in [0.25, 0.3) is 5.91 Å². The second kappa shape index (κ2) is 12.3. The summed E-state index contributed by atoms with van der Waals surface area (Å²) in [4.78, 5) is 19.1. The second-order valence-electron chi connectivity index (χ2n) is 10.0. The van der Waals surface area contributed by atoms with Crippen LogP contribution in [-0.4, -0.2) is 37.3 Å². The van der Waals surface area contributed by atoms with Gasteiger partial charge in [0.15, 0.2) is 0 Å². The van der Waals surface area contributed by atoms with E-state index in [1.807, 2.05) is 53.4 Å². The van der Waals surface area contributed by atoms with Crippen molar-refractivity contribution in [3.63, 3.8) is 0 Å². The molecule has 0 bridgehead atoms. The minimum absolute atomic E-state index is 0.0771. The molecule has 37 heavy (non-hydrogen) atoms. The number of aromatic nitrogens is 1. The molecular formula is C29H36N4O3S. The largest absolute Gasteiger partial charge is 0.366 e. The molecule has 0 aliphatic carbocycles. The van der Waals surface area contributed by atoms with Crippen molar-refractivity contribution in [2.24, 2.45) is 5.92 Å². The van der Waals surface area contributed by atoms with Crippen LogP contribution in [0, 0.1) is 5.92 Å². The molecule has 3 aromatic rings. The first kappa shape index (κ1) is 26.8. The van der Waals surface area contributed by atoms with E-state index in [4.69, 9.17) is 0 Å². The van der Waals surface area contributed by atoms with E-state index in [1.54, 1.807) is 12.1 Å². The van der Waals surface area contributed by atoms with E-state index in [0.717, 1.165) is 43.5 Å². The van der Waals surface area contributed by atoms with Gasteiger partial charge in [-0.05, 0) is 72.6 Å². The predicted octanol–water partition coefficient (Wildman–Crippen LogP) is 5.00. The number of nitrogens with one attached hydrogen (secondary N) is 2. The van der Waals surface area contributed by atoms with Crippen LogP contribution in [0.2, 0.25) is 0 Å². The Morgan fingerprint density at radius 1 is 0.919 bits per heavy atom. The minimum atomic E-state index is -3.68. The van der Waals surface area contributed by atoms with Gasteiger partial charge in [-0.25, -0.2) is 18.1 Å². The van der Waals surface area contributed by atoms with E-state index in [2.05, 4.69) is 28.9 Å². The van der Waals surface area contributed by atoms with Gasteiger partial charge < -0.3 is 10.2 Å². The number of nitrogens with zero attached hydrogens (tertiary/aromatic N) is 2. The Labute approximate surface area is 220 Å². The molecular weight excluding hydrogens is 484 g/mol. The van der Waals surface area contributed by atoms with E-state index in [-0.39, 0.29) is 17.3 Å². The number of likely N-dealkylation sites (tertiary alicyclic amines) is 1. The van der Waals surface area contributed by atoms with Crippen molar-refractivity contribution in [3.8, 4) is 0 Å². The maximum atomic E-state index is 12.8. The van der Waals surface area contributed by atoms with Crippen molar-refractivity contribution in [2.75, 3.05) is 18.4 Å². The smallest absolute Gasteiger partial charge is 0.253 e. The number of pyridine rings is 1. The third kappa shape index (κ3) is 7.63. The average Bonchev–Trinajstić information content (AvgIpc) is 2.92. The third-order valence-corrected chi connectivity index (χ3v) is 7.86. The van der Waals surface area contributed by atoms with Gasteiger partial charge in [-0.2, -0.15) is 0 Å². The summed E-state index contributed by atoms with van der Waals surface area (Å²) in [6, 6.07) is 18.8. The van der Waals surface area contributed by atoms with E-state index >= 15 is 0 Å². The van der Waals surface area contributed by atoms with Crippen molar-refractivity contribution in [1.82, 2.24) is 14.6 Å². The Morgan fingerprint density at radius 2 is 1.65 bits per heavy atom. The quantitative estimate of drug-likeness (QED) is 0.393. The first-order chi connectivity index (χ1) is 17.8. The Kier molecular flexibility index (Phi) is 8.95. The second-order valence-corrected chi connectivity index (χ2v) is 11.8. The molecule has 0 unspecified atom stereocenters. The lowest BCUT2D eigenvalue weighted by atomic mass is 10.0.